The molecule has 2 amide bonds. The molecule has 18 heteroatoms. The van der Waals surface area contributed by atoms with Gasteiger partial charge >= 0.3 is 30.1 Å². The number of Topliss-reactive ketones (excluding diaryl/α,β-unsaturated/α-hetero) is 1. The van der Waals surface area contributed by atoms with Crippen LogP contribution in [0.3, 0.4) is 0 Å². The highest BCUT2D eigenvalue weighted by Gasteiger charge is 2.62. The number of ketones is 1. The summed E-state index contributed by atoms with van der Waals surface area (Å²) >= 11 is 0. The molecule has 6 fully saturated rings. The van der Waals surface area contributed by atoms with Gasteiger partial charge in [-0.05, 0) is 57.1 Å². The summed E-state index contributed by atoms with van der Waals surface area (Å²) in [6.07, 6.45) is 0.0161. The van der Waals surface area contributed by atoms with Crippen molar-refractivity contribution in [3.63, 3.8) is 0 Å². The normalized spacial score (nSPS) is 28.9. The van der Waals surface area contributed by atoms with Gasteiger partial charge in [-0.25, -0.2) is 36.7 Å². The maximum atomic E-state index is 14.1. The van der Waals surface area contributed by atoms with Gasteiger partial charge in [0.25, 0.3) is 11.8 Å². The first kappa shape index (κ1) is 48.2. The van der Waals surface area contributed by atoms with E-state index in [9.17, 15) is 46.3 Å². The maximum Gasteiger partial charge on any atom is 0.410 e. The van der Waals surface area contributed by atoms with E-state index < -0.39 is 71.8 Å². The number of alkyl halides is 4. The summed E-state index contributed by atoms with van der Waals surface area (Å²) in [5.41, 5.74) is 1.65. The Morgan fingerprint density at radius 3 is 1.61 bits per heavy atom. The van der Waals surface area contributed by atoms with Crippen molar-refractivity contribution in [2.75, 3.05) is 39.5 Å². The predicted octanol–water partition coefficient (Wildman–Crippen LogP) is 6.58. The fourth-order valence-electron chi connectivity index (χ4n) is 10.1. The van der Waals surface area contributed by atoms with Crippen LogP contribution in [0.5, 0.6) is 0 Å². The number of carbonyl (C=O) groups excluding carboxylic acids is 6. The minimum atomic E-state index is -2.87. The summed E-state index contributed by atoms with van der Waals surface area (Å²) < 4.78 is 80.4. The van der Waals surface area contributed by atoms with Crippen LogP contribution in [-0.4, -0.2) is 115 Å². The lowest BCUT2D eigenvalue weighted by Crippen LogP contribution is -2.44. The van der Waals surface area contributed by atoms with Crippen molar-refractivity contribution in [1.82, 2.24) is 15.1 Å². The largest absolute Gasteiger partial charge is 0.465 e. The average molecular weight is 904 g/mol. The summed E-state index contributed by atoms with van der Waals surface area (Å²) in [5, 5.41) is 2.84. The van der Waals surface area contributed by atoms with E-state index in [2.05, 4.69) is 5.32 Å². The number of amides is 2. The summed E-state index contributed by atoms with van der Waals surface area (Å²) in [4.78, 5) is 75.4. The Morgan fingerprint density at radius 1 is 0.609 bits per heavy atom. The predicted molar refractivity (Wildman–Crippen MR) is 219 cm³/mol. The number of ether oxygens (including phenoxy) is 5. The Balaban J connectivity index is 0.000000164. The van der Waals surface area contributed by atoms with Gasteiger partial charge in [-0.3, -0.25) is 19.4 Å². The van der Waals surface area contributed by atoms with Crippen molar-refractivity contribution in [2.45, 2.75) is 102 Å². The van der Waals surface area contributed by atoms with Crippen molar-refractivity contribution in [2.24, 2.45) is 35.5 Å². The minimum absolute atomic E-state index is 0.0252. The highest BCUT2D eigenvalue weighted by atomic mass is 19.3. The van der Waals surface area contributed by atoms with Crippen LogP contribution in [0.15, 0.2) is 60.7 Å². The van der Waals surface area contributed by atoms with Crippen molar-refractivity contribution in [1.29, 1.82) is 0 Å². The first-order valence-electron chi connectivity index (χ1n) is 22.1. The van der Waals surface area contributed by atoms with Crippen LogP contribution in [0.1, 0.15) is 70.4 Å². The molecule has 6 aliphatic rings. The van der Waals surface area contributed by atoms with Crippen LogP contribution < -0.4 is 5.32 Å². The molecule has 1 N–H and O–H groups in total. The monoisotopic (exact) mass is 903 g/mol. The molecule has 3 saturated carbocycles. The molecular formula is C46H57F4N3O11. The van der Waals surface area contributed by atoms with Crippen molar-refractivity contribution in [3.8, 4) is 0 Å². The number of fused-ring (bicyclic) bond motifs is 3. The standard InChI is InChI=1S/C18H21F2NO4.C18H21NO5.C10H15F2NO2/c1-2-24-16(22)15-13-8-9-18(19,20)14(13)10-21(15)17(23)25-11-12-6-4-3-5-7-12;1-2-23-17(21)16-13-8-9-15(20)14(13)10-19(16)18(22)24-11-12-6-4-3-5-7-12;1-2-15-9(14)8-6-3-4-10(11,12)7(6)5-13-8/h3-7,13-15H,2,8-11H2,1H3;3-7,13-14,16H,2,8-11H2,1H3;6-8,13H,2-5H2,1H3/t13-,14-,15-;13-,14-,16-;6-,7-,8-/m000/s1. The lowest BCUT2D eigenvalue weighted by atomic mass is 9.93. The van der Waals surface area contributed by atoms with Gasteiger partial charge in [0, 0.05) is 68.5 Å². The smallest absolute Gasteiger partial charge is 0.410 e. The van der Waals surface area contributed by atoms with Crippen LogP contribution >= 0.6 is 0 Å². The van der Waals surface area contributed by atoms with E-state index in [0.717, 1.165) is 16.0 Å². The zero-order chi connectivity index (χ0) is 46.2. The lowest BCUT2D eigenvalue weighted by Gasteiger charge is -2.25. The second-order valence-electron chi connectivity index (χ2n) is 16.8. The quantitative estimate of drug-likeness (QED) is 0.155. The Bertz CT molecular complexity index is 1960. The first-order chi connectivity index (χ1) is 30.6. The SMILES string of the molecule is CCOC(=O)[C@@H]1[C@H]2CCC(=O)[C@H]2CN1C(=O)OCc1ccccc1.CCOC(=O)[C@@H]1[C@H]2CCC(F)(F)[C@H]2CN1C(=O)OCc1ccccc1.CCOC(=O)[C@H]1NC[C@H]2[C@@H]1CCC2(F)F. The molecule has 0 unspecified atom stereocenters. The molecule has 3 aliphatic heterocycles. The van der Waals surface area contributed by atoms with Gasteiger partial charge < -0.3 is 29.0 Å². The van der Waals surface area contributed by atoms with Gasteiger partial charge in [-0.1, -0.05) is 60.7 Å². The molecule has 0 spiro atoms. The van der Waals surface area contributed by atoms with E-state index in [1.807, 2.05) is 48.5 Å². The zero-order valence-electron chi connectivity index (χ0n) is 36.3. The van der Waals surface area contributed by atoms with Crippen LogP contribution in [0.2, 0.25) is 0 Å². The molecule has 0 bridgehead atoms. The number of hydrogen-bond donors (Lipinski definition) is 1. The topological polar surface area (TPSA) is 167 Å². The van der Waals surface area contributed by atoms with Gasteiger partial charge in [0.2, 0.25) is 0 Å². The number of likely N-dealkylation sites (tertiary alicyclic amines) is 2. The van der Waals surface area contributed by atoms with Crippen LogP contribution in [0.25, 0.3) is 0 Å². The summed E-state index contributed by atoms with van der Waals surface area (Å²) in [5.74, 6) is -9.81. The molecule has 3 heterocycles. The number of rotatable bonds is 10. The molecule has 64 heavy (non-hydrogen) atoms. The number of benzene rings is 2. The van der Waals surface area contributed by atoms with E-state index >= 15 is 0 Å². The van der Waals surface area contributed by atoms with Crippen LogP contribution in [0.4, 0.5) is 27.2 Å². The second kappa shape index (κ2) is 21.2. The molecule has 0 radical (unpaired) electrons. The van der Waals surface area contributed by atoms with Gasteiger partial charge in [-0.15, -0.1) is 0 Å². The summed E-state index contributed by atoms with van der Waals surface area (Å²) in [7, 11) is 0. The number of nitrogens with zero attached hydrogens (tertiary/aromatic N) is 2. The van der Waals surface area contributed by atoms with Crippen molar-refractivity contribution in [3.05, 3.63) is 71.8 Å². The van der Waals surface area contributed by atoms with E-state index in [1.54, 1.807) is 32.9 Å². The van der Waals surface area contributed by atoms with Crippen molar-refractivity contribution < 1.29 is 70.0 Å². The zero-order valence-corrected chi connectivity index (χ0v) is 36.3. The number of nitrogens with one attached hydrogen (secondary N) is 1. The Hall–Kier alpha value is -5.26. The molecular weight excluding hydrogens is 847 g/mol. The molecule has 3 saturated heterocycles. The maximum absolute atomic E-state index is 14.1. The highest BCUT2D eigenvalue weighted by Crippen LogP contribution is 2.51. The number of halogens is 4. The number of carbonyl (C=O) groups is 6. The molecule has 14 nitrogen and oxygen atoms in total. The number of esters is 3. The highest BCUT2D eigenvalue weighted by molar-refractivity contribution is 5.90. The third-order valence-corrected chi connectivity index (χ3v) is 13.1. The Labute approximate surface area is 369 Å². The molecule has 3 aliphatic carbocycles. The Morgan fingerprint density at radius 2 is 1.08 bits per heavy atom. The van der Waals surface area contributed by atoms with Crippen LogP contribution in [0, 0.1) is 35.5 Å². The van der Waals surface area contributed by atoms with Gasteiger partial charge in [0.05, 0.1) is 19.8 Å². The molecule has 2 aromatic rings. The summed E-state index contributed by atoms with van der Waals surface area (Å²) in [6, 6.07) is 16.1. The molecule has 9 atom stereocenters. The van der Waals surface area contributed by atoms with E-state index in [1.165, 1.54) is 4.90 Å². The fourth-order valence-corrected chi connectivity index (χ4v) is 10.1. The lowest BCUT2D eigenvalue weighted by molar-refractivity contribution is -0.150. The third-order valence-electron chi connectivity index (χ3n) is 13.1. The third kappa shape index (κ3) is 10.8. The number of hydrogen-bond acceptors (Lipinski definition) is 12. The van der Waals surface area contributed by atoms with E-state index in [0.29, 0.717) is 25.9 Å². The second-order valence-corrected chi connectivity index (χ2v) is 16.8. The van der Waals surface area contributed by atoms with E-state index in [4.69, 9.17) is 23.7 Å². The summed E-state index contributed by atoms with van der Waals surface area (Å²) in [6.45, 7) is 6.19. The van der Waals surface area contributed by atoms with Gasteiger partial charge in [0.15, 0.2) is 0 Å². The van der Waals surface area contributed by atoms with Gasteiger partial charge in [0.1, 0.15) is 37.1 Å². The minimum Gasteiger partial charge on any atom is -0.465 e. The van der Waals surface area contributed by atoms with Crippen molar-refractivity contribution >= 4 is 35.9 Å². The molecule has 350 valence electrons. The molecule has 2 aromatic carbocycles. The Kier molecular flexibility index (Phi) is 15.9. The van der Waals surface area contributed by atoms with Crippen LogP contribution in [-0.2, 0) is 56.1 Å². The average Bonchev–Trinajstić information content (AvgIpc) is 4.13. The molecule has 0 aromatic heterocycles. The van der Waals surface area contributed by atoms with E-state index in [-0.39, 0.29) is 94.8 Å². The molecule has 8 rings (SSSR count). The first-order valence-corrected chi connectivity index (χ1v) is 22.1. The van der Waals surface area contributed by atoms with Gasteiger partial charge in [-0.2, -0.15) is 0 Å². The fraction of sp³-hybridized carbons (Fsp3) is 0.609.